The summed E-state index contributed by atoms with van der Waals surface area (Å²) >= 11 is 6.01. The lowest BCUT2D eigenvalue weighted by Crippen LogP contribution is -2.30. The van der Waals surface area contributed by atoms with Gasteiger partial charge in [-0.2, -0.15) is 0 Å². The molecule has 2 rings (SSSR count). The van der Waals surface area contributed by atoms with Gasteiger partial charge in [-0.25, -0.2) is 0 Å². The molecule has 0 unspecified atom stereocenters. The number of pyridine rings is 1. The van der Waals surface area contributed by atoms with E-state index in [9.17, 15) is 9.59 Å². The van der Waals surface area contributed by atoms with Gasteiger partial charge in [-0.1, -0.05) is 23.7 Å². The number of nitrogens with zero attached hydrogens (tertiary/aromatic N) is 1. The molecule has 0 saturated carbocycles. The summed E-state index contributed by atoms with van der Waals surface area (Å²) in [5, 5.41) is 12.6. The zero-order valence-corrected chi connectivity index (χ0v) is 9.94. The number of halogens is 1. The van der Waals surface area contributed by atoms with Crippen LogP contribution in [0.3, 0.4) is 0 Å². The molecule has 0 saturated heterocycles. The molecule has 5 nitrogen and oxygen atoms in total. The van der Waals surface area contributed by atoms with E-state index in [1.165, 1.54) is 6.20 Å². The van der Waals surface area contributed by atoms with Crippen molar-refractivity contribution < 1.29 is 14.7 Å². The highest BCUT2D eigenvalue weighted by molar-refractivity contribution is 6.35. The van der Waals surface area contributed by atoms with E-state index in [0.29, 0.717) is 15.8 Å². The van der Waals surface area contributed by atoms with Crippen molar-refractivity contribution in [3.8, 4) is 0 Å². The first-order chi connectivity index (χ1) is 8.59. The molecule has 0 atom stereocenters. The molecule has 0 bridgehead atoms. The first kappa shape index (κ1) is 12.3. The van der Waals surface area contributed by atoms with E-state index in [1.54, 1.807) is 24.3 Å². The number of carbonyl (C=O) groups excluding carboxylic acids is 1. The van der Waals surface area contributed by atoms with Gasteiger partial charge in [0.05, 0.1) is 0 Å². The number of amides is 1. The molecule has 0 aliphatic heterocycles. The Morgan fingerprint density at radius 3 is 2.78 bits per heavy atom. The number of aromatic nitrogens is 1. The van der Waals surface area contributed by atoms with Crippen LogP contribution in [0.25, 0.3) is 10.8 Å². The average molecular weight is 265 g/mol. The first-order valence-corrected chi connectivity index (χ1v) is 5.50. The largest absolute Gasteiger partial charge is 0.480 e. The molecule has 18 heavy (non-hydrogen) atoms. The van der Waals surface area contributed by atoms with Gasteiger partial charge in [-0.15, -0.1) is 0 Å². The fourth-order valence-corrected chi connectivity index (χ4v) is 1.83. The van der Waals surface area contributed by atoms with Crippen molar-refractivity contribution in [2.75, 3.05) is 6.54 Å². The highest BCUT2D eigenvalue weighted by atomic mass is 35.5. The Hall–Kier alpha value is -2.14. The average Bonchev–Trinajstić information content (AvgIpc) is 2.36. The predicted octanol–water partition coefficient (Wildman–Crippen LogP) is 1.70. The molecular weight excluding hydrogens is 256 g/mol. The van der Waals surface area contributed by atoms with Gasteiger partial charge < -0.3 is 10.4 Å². The SMILES string of the molecule is O=C(O)CNC(=O)c1nccc2c(Cl)cccc12. The molecule has 2 N–H and O–H groups in total. The number of fused-ring (bicyclic) bond motifs is 1. The number of carbonyl (C=O) groups is 2. The summed E-state index contributed by atoms with van der Waals surface area (Å²) in [5.41, 5.74) is 0.163. The van der Waals surface area contributed by atoms with Crippen molar-refractivity contribution in [1.82, 2.24) is 10.3 Å². The number of hydrogen-bond acceptors (Lipinski definition) is 3. The van der Waals surface area contributed by atoms with Crippen LogP contribution < -0.4 is 5.32 Å². The Balaban J connectivity index is 2.42. The number of benzene rings is 1. The molecule has 0 fully saturated rings. The third kappa shape index (κ3) is 2.41. The lowest BCUT2D eigenvalue weighted by molar-refractivity contribution is -0.135. The Bertz CT molecular complexity index is 628. The number of nitrogens with one attached hydrogen (secondary N) is 1. The van der Waals surface area contributed by atoms with Gasteiger partial charge >= 0.3 is 5.97 Å². The molecule has 0 aliphatic rings. The van der Waals surface area contributed by atoms with Crippen LogP contribution >= 0.6 is 11.6 Å². The summed E-state index contributed by atoms with van der Waals surface area (Å²) in [4.78, 5) is 26.2. The van der Waals surface area contributed by atoms with Gasteiger partial charge in [0.1, 0.15) is 12.2 Å². The fraction of sp³-hybridized carbons (Fsp3) is 0.0833. The van der Waals surface area contributed by atoms with Gasteiger partial charge in [0.15, 0.2) is 0 Å². The van der Waals surface area contributed by atoms with Crippen LogP contribution in [0.5, 0.6) is 0 Å². The Labute approximate surface area is 107 Å². The summed E-state index contributed by atoms with van der Waals surface area (Å²) in [6.45, 7) is -0.447. The van der Waals surface area contributed by atoms with Crippen LogP contribution in [-0.4, -0.2) is 28.5 Å². The third-order valence-corrected chi connectivity index (χ3v) is 2.70. The van der Waals surface area contributed by atoms with Crippen molar-refractivity contribution in [3.63, 3.8) is 0 Å². The smallest absolute Gasteiger partial charge is 0.322 e. The maximum atomic E-state index is 11.8. The third-order valence-electron chi connectivity index (χ3n) is 2.37. The number of carboxylic acids is 1. The van der Waals surface area contributed by atoms with Crippen molar-refractivity contribution in [1.29, 1.82) is 0 Å². The standard InChI is InChI=1S/C12H9ClN2O3/c13-9-3-1-2-8-7(9)4-5-14-11(8)12(18)15-6-10(16)17/h1-5H,6H2,(H,15,18)(H,16,17). The van der Waals surface area contributed by atoms with E-state index in [4.69, 9.17) is 16.7 Å². The van der Waals surface area contributed by atoms with Crippen LogP contribution in [-0.2, 0) is 4.79 Å². The number of carboxylic acid groups (broad SMARTS) is 1. The molecule has 1 amide bonds. The number of aliphatic carboxylic acids is 1. The summed E-state index contributed by atoms with van der Waals surface area (Å²) in [5.74, 6) is -1.65. The molecule has 0 aliphatic carbocycles. The highest BCUT2D eigenvalue weighted by Crippen LogP contribution is 2.24. The second kappa shape index (κ2) is 5.01. The van der Waals surface area contributed by atoms with Crippen molar-refractivity contribution >= 4 is 34.2 Å². The fourth-order valence-electron chi connectivity index (χ4n) is 1.59. The van der Waals surface area contributed by atoms with Gasteiger partial charge in [0.2, 0.25) is 0 Å². The Kier molecular flexibility index (Phi) is 3.43. The minimum atomic E-state index is -1.11. The van der Waals surface area contributed by atoms with E-state index in [0.717, 1.165) is 0 Å². The zero-order valence-electron chi connectivity index (χ0n) is 9.18. The molecule has 92 valence electrons. The van der Waals surface area contributed by atoms with Gasteiger partial charge in [-0.05, 0) is 12.1 Å². The van der Waals surface area contributed by atoms with Crippen LogP contribution in [0.15, 0.2) is 30.5 Å². The van der Waals surface area contributed by atoms with E-state index in [2.05, 4.69) is 10.3 Å². The van der Waals surface area contributed by atoms with Crippen molar-refractivity contribution in [3.05, 3.63) is 41.2 Å². The Morgan fingerprint density at radius 1 is 1.28 bits per heavy atom. The van der Waals surface area contributed by atoms with Crippen LogP contribution in [0.2, 0.25) is 5.02 Å². The molecule has 1 aromatic carbocycles. The minimum absolute atomic E-state index is 0.163. The quantitative estimate of drug-likeness (QED) is 0.884. The van der Waals surface area contributed by atoms with Crippen molar-refractivity contribution in [2.24, 2.45) is 0 Å². The molecule has 0 radical (unpaired) electrons. The summed E-state index contributed by atoms with van der Waals surface area (Å²) in [6.07, 6.45) is 1.46. The predicted molar refractivity (Wildman–Crippen MR) is 66.7 cm³/mol. The maximum Gasteiger partial charge on any atom is 0.322 e. The molecular formula is C12H9ClN2O3. The normalized spacial score (nSPS) is 10.3. The molecule has 0 spiro atoms. The number of hydrogen-bond donors (Lipinski definition) is 2. The minimum Gasteiger partial charge on any atom is -0.480 e. The topological polar surface area (TPSA) is 79.3 Å². The van der Waals surface area contributed by atoms with E-state index in [-0.39, 0.29) is 5.69 Å². The lowest BCUT2D eigenvalue weighted by Gasteiger charge is -2.06. The Morgan fingerprint density at radius 2 is 2.06 bits per heavy atom. The highest BCUT2D eigenvalue weighted by Gasteiger charge is 2.13. The second-order valence-corrected chi connectivity index (χ2v) is 3.98. The van der Waals surface area contributed by atoms with Crippen LogP contribution in [0.1, 0.15) is 10.5 Å². The van der Waals surface area contributed by atoms with Crippen molar-refractivity contribution in [2.45, 2.75) is 0 Å². The van der Waals surface area contributed by atoms with Gasteiger partial charge in [0, 0.05) is 22.0 Å². The molecule has 1 heterocycles. The molecule has 2 aromatic rings. The summed E-state index contributed by atoms with van der Waals surface area (Å²) in [6, 6.07) is 6.83. The monoisotopic (exact) mass is 264 g/mol. The number of rotatable bonds is 3. The van der Waals surface area contributed by atoms with Crippen LogP contribution in [0.4, 0.5) is 0 Å². The van der Waals surface area contributed by atoms with Gasteiger partial charge in [0.25, 0.3) is 5.91 Å². The molecule has 6 heteroatoms. The lowest BCUT2D eigenvalue weighted by atomic mass is 10.1. The van der Waals surface area contributed by atoms with Crippen LogP contribution in [0, 0.1) is 0 Å². The summed E-state index contributed by atoms with van der Waals surface area (Å²) in [7, 11) is 0. The van der Waals surface area contributed by atoms with E-state index < -0.39 is 18.4 Å². The van der Waals surface area contributed by atoms with Gasteiger partial charge in [-0.3, -0.25) is 14.6 Å². The maximum absolute atomic E-state index is 11.8. The van der Waals surface area contributed by atoms with E-state index in [1.807, 2.05) is 0 Å². The summed E-state index contributed by atoms with van der Waals surface area (Å²) < 4.78 is 0. The van der Waals surface area contributed by atoms with E-state index >= 15 is 0 Å². The molecule has 1 aromatic heterocycles. The first-order valence-electron chi connectivity index (χ1n) is 5.13. The zero-order chi connectivity index (χ0) is 13.1. The second-order valence-electron chi connectivity index (χ2n) is 3.57.